The molecule has 1 heterocycles. The highest BCUT2D eigenvalue weighted by atomic mass is 35.5. The molecule has 0 fully saturated rings. The first-order valence-corrected chi connectivity index (χ1v) is 7.20. The molecule has 0 saturated heterocycles. The second kappa shape index (κ2) is 6.02. The van der Waals surface area contributed by atoms with Crippen molar-refractivity contribution in [1.82, 2.24) is 9.78 Å². The van der Waals surface area contributed by atoms with Crippen LogP contribution in [0.1, 0.15) is 11.3 Å². The maximum atomic E-state index is 6.12. The molecule has 0 aliphatic carbocycles. The van der Waals surface area contributed by atoms with E-state index in [1.807, 2.05) is 72.4 Å². The third-order valence-corrected chi connectivity index (χ3v) is 3.72. The van der Waals surface area contributed by atoms with Crippen molar-refractivity contribution in [2.75, 3.05) is 5.32 Å². The van der Waals surface area contributed by atoms with Crippen LogP contribution in [0.15, 0.2) is 60.8 Å². The number of nitrogens with one attached hydrogen (secondary N) is 1. The molecule has 106 valence electrons. The fourth-order valence-corrected chi connectivity index (χ4v) is 2.26. The van der Waals surface area contributed by atoms with Crippen molar-refractivity contribution in [2.45, 2.75) is 13.5 Å². The molecule has 21 heavy (non-hydrogen) atoms. The number of halogens is 1. The van der Waals surface area contributed by atoms with Crippen molar-refractivity contribution in [3.05, 3.63) is 77.1 Å². The summed E-state index contributed by atoms with van der Waals surface area (Å²) in [5.41, 5.74) is 4.12. The molecule has 0 amide bonds. The number of benzene rings is 2. The summed E-state index contributed by atoms with van der Waals surface area (Å²) >= 11 is 6.12. The van der Waals surface area contributed by atoms with Gasteiger partial charge in [-0.15, -0.1) is 0 Å². The zero-order chi connectivity index (χ0) is 14.7. The Hall–Kier alpha value is -2.26. The molecule has 1 N–H and O–H groups in total. The van der Waals surface area contributed by atoms with Crippen LogP contribution < -0.4 is 5.32 Å². The van der Waals surface area contributed by atoms with E-state index in [0.717, 1.165) is 27.7 Å². The van der Waals surface area contributed by atoms with Crippen molar-refractivity contribution < 1.29 is 0 Å². The zero-order valence-corrected chi connectivity index (χ0v) is 12.5. The summed E-state index contributed by atoms with van der Waals surface area (Å²) in [6.07, 6.45) is 1.97. The van der Waals surface area contributed by atoms with Gasteiger partial charge < -0.3 is 5.32 Å². The Morgan fingerprint density at radius 3 is 2.67 bits per heavy atom. The van der Waals surface area contributed by atoms with E-state index in [1.54, 1.807) is 0 Å². The van der Waals surface area contributed by atoms with E-state index in [4.69, 9.17) is 11.6 Å². The average Bonchev–Trinajstić information content (AvgIpc) is 2.98. The Morgan fingerprint density at radius 1 is 1.10 bits per heavy atom. The number of para-hydroxylation sites is 1. The molecule has 0 aliphatic rings. The van der Waals surface area contributed by atoms with Crippen LogP contribution in [0.2, 0.25) is 5.02 Å². The fraction of sp³-hybridized carbons (Fsp3) is 0.118. The second-order valence-corrected chi connectivity index (χ2v) is 5.31. The van der Waals surface area contributed by atoms with Crippen molar-refractivity contribution in [3.8, 4) is 5.69 Å². The molecule has 0 spiro atoms. The van der Waals surface area contributed by atoms with Crippen LogP contribution in [0.3, 0.4) is 0 Å². The highest BCUT2D eigenvalue weighted by Gasteiger charge is 2.02. The number of anilines is 1. The quantitative estimate of drug-likeness (QED) is 0.771. The van der Waals surface area contributed by atoms with Gasteiger partial charge in [0.15, 0.2) is 0 Å². The molecular formula is C17H16ClN3. The number of rotatable bonds is 4. The second-order valence-electron chi connectivity index (χ2n) is 4.90. The topological polar surface area (TPSA) is 29.9 Å². The average molecular weight is 298 g/mol. The molecule has 4 heteroatoms. The Kier molecular flexibility index (Phi) is 3.93. The highest BCUT2D eigenvalue weighted by Crippen LogP contribution is 2.20. The van der Waals surface area contributed by atoms with Gasteiger partial charge in [-0.05, 0) is 42.8 Å². The van der Waals surface area contributed by atoms with Crippen molar-refractivity contribution in [1.29, 1.82) is 0 Å². The molecule has 1 aromatic heterocycles. The van der Waals surface area contributed by atoms with Crippen LogP contribution in [-0.2, 0) is 6.54 Å². The molecule has 0 saturated carbocycles. The monoisotopic (exact) mass is 297 g/mol. The lowest BCUT2D eigenvalue weighted by molar-refractivity contribution is 0.844. The molecule has 2 aromatic carbocycles. The van der Waals surface area contributed by atoms with E-state index >= 15 is 0 Å². The van der Waals surface area contributed by atoms with Crippen LogP contribution in [0.25, 0.3) is 5.69 Å². The molecule has 0 atom stereocenters. The third kappa shape index (κ3) is 3.26. The molecule has 0 radical (unpaired) electrons. The van der Waals surface area contributed by atoms with Crippen molar-refractivity contribution in [2.24, 2.45) is 0 Å². The lowest BCUT2D eigenvalue weighted by Gasteiger charge is -2.06. The summed E-state index contributed by atoms with van der Waals surface area (Å²) in [5, 5.41) is 8.66. The van der Waals surface area contributed by atoms with Gasteiger partial charge in [0.1, 0.15) is 0 Å². The molecule has 0 aliphatic heterocycles. The van der Waals surface area contributed by atoms with Gasteiger partial charge in [0, 0.05) is 16.9 Å². The SMILES string of the molecule is Cc1ccc(NCc2ccn(-c3ccccc3)n2)cc1Cl. The zero-order valence-electron chi connectivity index (χ0n) is 11.8. The summed E-state index contributed by atoms with van der Waals surface area (Å²) in [6.45, 7) is 2.66. The summed E-state index contributed by atoms with van der Waals surface area (Å²) in [7, 11) is 0. The number of aromatic nitrogens is 2. The van der Waals surface area contributed by atoms with Gasteiger partial charge in [0.2, 0.25) is 0 Å². The minimum absolute atomic E-state index is 0.666. The van der Waals surface area contributed by atoms with Gasteiger partial charge in [-0.25, -0.2) is 4.68 Å². The largest absolute Gasteiger partial charge is 0.379 e. The third-order valence-electron chi connectivity index (χ3n) is 3.31. The van der Waals surface area contributed by atoms with E-state index in [9.17, 15) is 0 Å². The van der Waals surface area contributed by atoms with Gasteiger partial charge in [-0.2, -0.15) is 5.10 Å². The first-order valence-electron chi connectivity index (χ1n) is 6.82. The number of hydrogen-bond donors (Lipinski definition) is 1. The molecular weight excluding hydrogens is 282 g/mol. The summed E-state index contributed by atoms with van der Waals surface area (Å²) in [6, 6.07) is 18.0. The summed E-state index contributed by atoms with van der Waals surface area (Å²) in [4.78, 5) is 0. The summed E-state index contributed by atoms with van der Waals surface area (Å²) < 4.78 is 1.87. The van der Waals surface area contributed by atoms with Gasteiger partial charge >= 0.3 is 0 Å². The number of nitrogens with zero attached hydrogens (tertiary/aromatic N) is 2. The first kappa shape index (κ1) is 13.7. The first-order chi connectivity index (χ1) is 10.2. The van der Waals surface area contributed by atoms with Gasteiger partial charge in [-0.1, -0.05) is 35.9 Å². The van der Waals surface area contributed by atoms with E-state index in [2.05, 4.69) is 10.4 Å². The molecule has 3 aromatic rings. The lowest BCUT2D eigenvalue weighted by Crippen LogP contribution is -2.02. The normalized spacial score (nSPS) is 10.6. The smallest absolute Gasteiger partial charge is 0.0819 e. The maximum Gasteiger partial charge on any atom is 0.0819 e. The van der Waals surface area contributed by atoms with Crippen LogP contribution >= 0.6 is 11.6 Å². The van der Waals surface area contributed by atoms with E-state index < -0.39 is 0 Å². The lowest BCUT2D eigenvalue weighted by atomic mass is 10.2. The summed E-state index contributed by atoms with van der Waals surface area (Å²) in [5.74, 6) is 0. The highest BCUT2D eigenvalue weighted by molar-refractivity contribution is 6.31. The van der Waals surface area contributed by atoms with E-state index in [-0.39, 0.29) is 0 Å². The van der Waals surface area contributed by atoms with Crippen LogP contribution in [0.4, 0.5) is 5.69 Å². The number of aryl methyl sites for hydroxylation is 1. The van der Waals surface area contributed by atoms with Crippen LogP contribution in [0.5, 0.6) is 0 Å². The van der Waals surface area contributed by atoms with Crippen molar-refractivity contribution in [3.63, 3.8) is 0 Å². The Balaban J connectivity index is 1.69. The molecule has 0 unspecified atom stereocenters. The maximum absolute atomic E-state index is 6.12. The molecule has 3 nitrogen and oxygen atoms in total. The van der Waals surface area contributed by atoms with E-state index in [1.165, 1.54) is 0 Å². The fourth-order valence-electron chi connectivity index (χ4n) is 2.08. The van der Waals surface area contributed by atoms with Crippen LogP contribution in [-0.4, -0.2) is 9.78 Å². The predicted molar refractivity (Wildman–Crippen MR) is 87.1 cm³/mol. The minimum Gasteiger partial charge on any atom is -0.379 e. The van der Waals surface area contributed by atoms with E-state index in [0.29, 0.717) is 6.54 Å². The predicted octanol–water partition coefficient (Wildman–Crippen LogP) is 4.45. The van der Waals surface area contributed by atoms with Crippen molar-refractivity contribution >= 4 is 17.3 Å². The Labute approximate surface area is 129 Å². The minimum atomic E-state index is 0.666. The van der Waals surface area contributed by atoms with Gasteiger partial charge in [0.05, 0.1) is 17.9 Å². The molecule has 0 bridgehead atoms. The van der Waals surface area contributed by atoms with Gasteiger partial charge in [-0.3, -0.25) is 0 Å². The number of hydrogen-bond acceptors (Lipinski definition) is 2. The molecule has 3 rings (SSSR count). The Morgan fingerprint density at radius 2 is 1.90 bits per heavy atom. The van der Waals surface area contributed by atoms with Gasteiger partial charge in [0.25, 0.3) is 0 Å². The standard InChI is InChI=1S/C17H16ClN3/c1-13-7-8-14(11-17(13)18)19-12-15-9-10-21(20-15)16-5-3-2-4-6-16/h2-11,19H,12H2,1H3. The Bertz CT molecular complexity index is 735. The van der Waals surface area contributed by atoms with Crippen LogP contribution in [0, 0.1) is 6.92 Å².